The fourth-order valence-electron chi connectivity index (χ4n) is 2.71. The van der Waals surface area contributed by atoms with Crippen LogP contribution in [0.5, 0.6) is 0 Å². The summed E-state index contributed by atoms with van der Waals surface area (Å²) in [5.41, 5.74) is 0.695. The molecule has 0 radical (unpaired) electrons. The molecule has 0 aliphatic carbocycles. The molecular weight excluding hydrogens is 266 g/mol. The van der Waals surface area contributed by atoms with Crippen molar-refractivity contribution in [1.82, 2.24) is 4.90 Å². The second-order valence-electron chi connectivity index (χ2n) is 6.63. The Kier molecular flexibility index (Phi) is 4.66. The van der Waals surface area contributed by atoms with E-state index in [0.29, 0.717) is 18.9 Å². The summed E-state index contributed by atoms with van der Waals surface area (Å²) < 4.78 is 5.38. The molecule has 1 heterocycles. The average molecular weight is 289 g/mol. The summed E-state index contributed by atoms with van der Waals surface area (Å²) in [6.07, 6.45) is 2.05. The molecule has 0 aromatic heterocycles. The van der Waals surface area contributed by atoms with Gasteiger partial charge in [-0.25, -0.2) is 4.79 Å². The molecule has 4 nitrogen and oxygen atoms in total. The van der Waals surface area contributed by atoms with Crippen LogP contribution in [0.25, 0.3) is 0 Å². The van der Waals surface area contributed by atoms with Crippen molar-refractivity contribution >= 4 is 12.4 Å². The van der Waals surface area contributed by atoms with E-state index in [0.717, 1.165) is 12.7 Å². The zero-order valence-corrected chi connectivity index (χ0v) is 12.9. The minimum absolute atomic E-state index is 0.301. The maximum Gasteiger partial charge on any atom is 0.410 e. The highest BCUT2D eigenvalue weighted by atomic mass is 16.6. The molecule has 2 rings (SSSR count). The van der Waals surface area contributed by atoms with Crippen LogP contribution in [-0.4, -0.2) is 35.5 Å². The molecule has 1 aliphatic rings. The smallest absolute Gasteiger partial charge is 0.410 e. The molecule has 0 bridgehead atoms. The molecule has 1 aromatic carbocycles. The van der Waals surface area contributed by atoms with Crippen molar-refractivity contribution in [2.24, 2.45) is 5.92 Å². The van der Waals surface area contributed by atoms with Crippen molar-refractivity contribution in [1.29, 1.82) is 0 Å². The molecule has 4 heteroatoms. The summed E-state index contributed by atoms with van der Waals surface area (Å²) in [5.74, 6) is 0.301. The van der Waals surface area contributed by atoms with Crippen molar-refractivity contribution in [3.05, 3.63) is 35.9 Å². The second kappa shape index (κ2) is 6.29. The fraction of sp³-hybridized carbons (Fsp3) is 0.529. The van der Waals surface area contributed by atoms with E-state index in [2.05, 4.69) is 12.1 Å². The normalized spacial score (nSPS) is 22.1. The van der Waals surface area contributed by atoms with Crippen LogP contribution in [-0.2, 0) is 16.0 Å². The van der Waals surface area contributed by atoms with E-state index in [1.54, 1.807) is 4.90 Å². The summed E-state index contributed by atoms with van der Waals surface area (Å²) >= 11 is 0. The number of aldehydes is 1. The van der Waals surface area contributed by atoms with E-state index in [1.165, 1.54) is 5.56 Å². The lowest BCUT2D eigenvalue weighted by Gasteiger charge is -2.26. The second-order valence-corrected chi connectivity index (χ2v) is 6.63. The van der Waals surface area contributed by atoms with E-state index in [9.17, 15) is 9.59 Å². The highest BCUT2D eigenvalue weighted by molar-refractivity contribution is 5.74. The van der Waals surface area contributed by atoms with E-state index >= 15 is 0 Å². The summed E-state index contributed by atoms with van der Waals surface area (Å²) in [4.78, 5) is 25.0. The molecule has 1 aromatic rings. The molecule has 1 saturated heterocycles. The molecule has 0 unspecified atom stereocenters. The van der Waals surface area contributed by atoms with Crippen LogP contribution in [0.3, 0.4) is 0 Å². The van der Waals surface area contributed by atoms with Gasteiger partial charge >= 0.3 is 6.09 Å². The Morgan fingerprint density at radius 3 is 2.57 bits per heavy atom. The van der Waals surface area contributed by atoms with E-state index < -0.39 is 11.7 Å². The standard InChI is InChI=1S/C17H23NO3/c1-17(2,3)21-16(20)18-11-14(10-15(18)12-19)9-13-7-5-4-6-8-13/h4-8,12,14-15H,9-11H2,1-3H3/t14-,15+/m1/s1. The number of amides is 1. The van der Waals surface area contributed by atoms with Gasteiger partial charge in [-0.05, 0) is 45.1 Å². The Morgan fingerprint density at radius 1 is 1.33 bits per heavy atom. The largest absolute Gasteiger partial charge is 0.444 e. The first kappa shape index (κ1) is 15.5. The maximum atomic E-state index is 12.2. The van der Waals surface area contributed by atoms with Gasteiger partial charge in [-0.2, -0.15) is 0 Å². The fourth-order valence-corrected chi connectivity index (χ4v) is 2.71. The molecule has 2 atom stereocenters. The minimum atomic E-state index is -0.540. The number of rotatable bonds is 3. The molecule has 0 saturated carbocycles. The molecule has 114 valence electrons. The van der Waals surface area contributed by atoms with Gasteiger partial charge in [0.2, 0.25) is 0 Å². The van der Waals surface area contributed by atoms with Gasteiger partial charge < -0.3 is 9.53 Å². The Morgan fingerprint density at radius 2 is 2.00 bits per heavy atom. The lowest BCUT2D eigenvalue weighted by Crippen LogP contribution is -2.40. The van der Waals surface area contributed by atoms with Gasteiger partial charge in [-0.3, -0.25) is 4.90 Å². The number of ether oxygens (including phenoxy) is 1. The predicted octanol–water partition coefficient (Wildman–Crippen LogP) is 3.05. The third-order valence-corrected chi connectivity index (χ3v) is 3.58. The third kappa shape index (κ3) is 4.31. The SMILES string of the molecule is CC(C)(C)OC(=O)N1C[C@H](Cc2ccccc2)C[C@H]1C=O. The molecule has 21 heavy (non-hydrogen) atoms. The molecule has 0 spiro atoms. The summed E-state index contributed by atoms with van der Waals surface area (Å²) in [6, 6.07) is 9.78. The van der Waals surface area contributed by atoms with Crippen LogP contribution in [0.15, 0.2) is 30.3 Å². The lowest BCUT2D eigenvalue weighted by atomic mass is 9.97. The van der Waals surface area contributed by atoms with Crippen molar-refractivity contribution in [2.45, 2.75) is 45.3 Å². The third-order valence-electron chi connectivity index (χ3n) is 3.58. The summed E-state index contributed by atoms with van der Waals surface area (Å²) in [5, 5.41) is 0. The lowest BCUT2D eigenvalue weighted by molar-refractivity contribution is -0.111. The van der Waals surface area contributed by atoms with Crippen LogP contribution in [0, 0.1) is 5.92 Å². The van der Waals surface area contributed by atoms with Crippen molar-refractivity contribution in [2.75, 3.05) is 6.54 Å². The van der Waals surface area contributed by atoms with E-state index in [1.807, 2.05) is 39.0 Å². The predicted molar refractivity (Wildman–Crippen MR) is 81.0 cm³/mol. The first-order chi connectivity index (χ1) is 9.89. The Balaban J connectivity index is 2.00. The van der Waals surface area contributed by atoms with Gasteiger partial charge in [-0.15, -0.1) is 0 Å². The van der Waals surface area contributed by atoms with E-state index in [4.69, 9.17) is 4.74 Å². The number of hydrogen-bond acceptors (Lipinski definition) is 3. The number of hydrogen-bond donors (Lipinski definition) is 0. The number of carbonyl (C=O) groups excluding carboxylic acids is 2. The number of likely N-dealkylation sites (tertiary alicyclic amines) is 1. The average Bonchev–Trinajstić information content (AvgIpc) is 2.81. The Labute approximate surface area is 126 Å². The van der Waals surface area contributed by atoms with Gasteiger partial charge in [0.1, 0.15) is 11.9 Å². The topological polar surface area (TPSA) is 46.6 Å². The molecule has 1 aliphatic heterocycles. The quantitative estimate of drug-likeness (QED) is 0.803. The minimum Gasteiger partial charge on any atom is -0.444 e. The molecule has 1 amide bonds. The Bertz CT molecular complexity index is 493. The molecule has 1 fully saturated rings. The van der Waals surface area contributed by atoms with Crippen LogP contribution < -0.4 is 0 Å². The first-order valence-electron chi connectivity index (χ1n) is 7.38. The first-order valence-corrected chi connectivity index (χ1v) is 7.38. The van der Waals surface area contributed by atoms with Crippen LogP contribution in [0.1, 0.15) is 32.8 Å². The summed E-state index contributed by atoms with van der Waals surface area (Å²) in [6.45, 7) is 6.07. The van der Waals surface area contributed by atoms with Gasteiger partial charge in [-0.1, -0.05) is 30.3 Å². The zero-order chi connectivity index (χ0) is 15.5. The zero-order valence-electron chi connectivity index (χ0n) is 12.9. The van der Waals surface area contributed by atoms with Crippen molar-refractivity contribution < 1.29 is 14.3 Å². The van der Waals surface area contributed by atoms with Gasteiger partial charge in [0.25, 0.3) is 0 Å². The highest BCUT2D eigenvalue weighted by Gasteiger charge is 2.37. The number of carbonyl (C=O) groups is 2. The summed E-state index contributed by atoms with van der Waals surface area (Å²) in [7, 11) is 0. The van der Waals surface area contributed by atoms with Gasteiger partial charge in [0.15, 0.2) is 0 Å². The molecular formula is C17H23NO3. The van der Waals surface area contributed by atoms with Crippen LogP contribution in [0.4, 0.5) is 4.79 Å². The number of nitrogens with zero attached hydrogens (tertiary/aromatic N) is 1. The van der Waals surface area contributed by atoms with Crippen LogP contribution >= 0.6 is 0 Å². The van der Waals surface area contributed by atoms with Crippen molar-refractivity contribution in [3.8, 4) is 0 Å². The Hall–Kier alpha value is -1.84. The number of benzene rings is 1. The van der Waals surface area contributed by atoms with E-state index in [-0.39, 0.29) is 6.04 Å². The monoisotopic (exact) mass is 289 g/mol. The van der Waals surface area contributed by atoms with Crippen molar-refractivity contribution in [3.63, 3.8) is 0 Å². The van der Waals surface area contributed by atoms with Gasteiger partial charge in [0, 0.05) is 6.54 Å². The van der Waals surface area contributed by atoms with Crippen LogP contribution in [0.2, 0.25) is 0 Å². The highest BCUT2D eigenvalue weighted by Crippen LogP contribution is 2.27. The van der Waals surface area contributed by atoms with Gasteiger partial charge in [0.05, 0.1) is 6.04 Å². The molecule has 0 N–H and O–H groups in total. The maximum absolute atomic E-state index is 12.2.